The number of aliphatic carboxylic acids is 1. The first-order chi connectivity index (χ1) is 12.4. The van der Waals surface area contributed by atoms with E-state index in [9.17, 15) is 19.5 Å². The van der Waals surface area contributed by atoms with Gasteiger partial charge >= 0.3 is 5.97 Å². The van der Waals surface area contributed by atoms with E-state index in [0.29, 0.717) is 16.3 Å². The Balaban J connectivity index is 1.78. The third-order valence-electron chi connectivity index (χ3n) is 3.91. The number of allylic oxidation sites excluding steroid dienone is 1. The Morgan fingerprint density at radius 3 is 2.81 bits per heavy atom. The number of carboxylic acid groups (broad SMARTS) is 1. The van der Waals surface area contributed by atoms with Crippen molar-refractivity contribution in [1.29, 1.82) is 0 Å². The van der Waals surface area contributed by atoms with Crippen molar-refractivity contribution in [2.45, 2.75) is 18.3 Å². The van der Waals surface area contributed by atoms with Crippen LogP contribution in [0.15, 0.2) is 34.5 Å². The highest BCUT2D eigenvalue weighted by Gasteiger charge is 2.54. The van der Waals surface area contributed by atoms with Crippen molar-refractivity contribution in [3.63, 3.8) is 0 Å². The van der Waals surface area contributed by atoms with Gasteiger partial charge in [-0.25, -0.2) is 9.78 Å². The van der Waals surface area contributed by atoms with E-state index in [1.807, 2.05) is 0 Å². The number of thioether (sulfide) groups is 1. The van der Waals surface area contributed by atoms with Gasteiger partial charge in [0.1, 0.15) is 22.8 Å². The maximum atomic E-state index is 12.4. The number of amides is 2. The molecule has 11 heteroatoms. The molecule has 2 amide bonds. The summed E-state index contributed by atoms with van der Waals surface area (Å²) in [6.45, 7) is 5.31. The lowest BCUT2D eigenvalue weighted by Gasteiger charge is -2.49. The lowest BCUT2D eigenvalue weighted by atomic mass is 10.0. The molecule has 0 radical (unpaired) electrons. The lowest BCUT2D eigenvalue weighted by Crippen LogP contribution is -2.71. The number of carbonyl (C=O) groups is 3. The maximum absolute atomic E-state index is 12.4. The van der Waals surface area contributed by atoms with Crippen LogP contribution in [0.1, 0.15) is 10.7 Å². The van der Waals surface area contributed by atoms with Gasteiger partial charge in [-0.05, 0) is 12.5 Å². The predicted octanol–water partition coefficient (Wildman–Crippen LogP) is 0.554. The highest BCUT2D eigenvalue weighted by molar-refractivity contribution is 8.00. The van der Waals surface area contributed by atoms with Gasteiger partial charge in [-0.15, -0.1) is 23.1 Å². The number of carbonyl (C=O) groups excluding carboxylic acids is 2. The summed E-state index contributed by atoms with van der Waals surface area (Å²) in [6, 6.07) is -0.912. The molecule has 2 aliphatic heterocycles. The van der Waals surface area contributed by atoms with Crippen LogP contribution in [0.2, 0.25) is 0 Å². The molecule has 0 unspecified atom stereocenters. The number of aryl methyl sites for hydroxylation is 1. The molecule has 2 atom stereocenters. The lowest BCUT2D eigenvalue weighted by molar-refractivity contribution is -0.150. The molecule has 1 aromatic rings. The van der Waals surface area contributed by atoms with Crippen LogP contribution in [0, 0.1) is 6.92 Å². The van der Waals surface area contributed by atoms with Crippen LogP contribution in [0.25, 0.3) is 0 Å². The number of thiazole rings is 1. The monoisotopic (exact) mass is 394 g/mol. The maximum Gasteiger partial charge on any atom is 0.352 e. The molecule has 26 heavy (non-hydrogen) atoms. The van der Waals surface area contributed by atoms with E-state index in [1.165, 1.54) is 29.2 Å². The second-order valence-electron chi connectivity index (χ2n) is 5.44. The minimum Gasteiger partial charge on any atom is -0.477 e. The molecule has 1 aromatic heterocycles. The molecule has 9 nitrogen and oxygen atoms in total. The van der Waals surface area contributed by atoms with E-state index in [2.05, 4.69) is 22.0 Å². The number of aromatic nitrogens is 1. The fourth-order valence-corrected chi connectivity index (χ4v) is 4.63. The van der Waals surface area contributed by atoms with E-state index in [-0.39, 0.29) is 17.1 Å². The first kappa shape index (κ1) is 18.1. The molecule has 3 rings (SSSR count). The highest BCUT2D eigenvalue weighted by atomic mass is 32.2. The Labute approximate surface area is 156 Å². The van der Waals surface area contributed by atoms with Gasteiger partial charge in [-0.2, -0.15) is 0 Å². The fourth-order valence-electron chi connectivity index (χ4n) is 2.69. The molecule has 3 heterocycles. The quantitative estimate of drug-likeness (QED) is 0.288. The van der Waals surface area contributed by atoms with Crippen LogP contribution in [0.3, 0.4) is 0 Å². The van der Waals surface area contributed by atoms with E-state index in [4.69, 9.17) is 5.21 Å². The number of fused-ring (bicyclic) bond motifs is 1. The largest absolute Gasteiger partial charge is 0.477 e. The fraction of sp³-hybridized carbons (Fsp3) is 0.267. The van der Waals surface area contributed by atoms with Gasteiger partial charge in [0.05, 0.1) is 5.01 Å². The molecular formula is C15H14N4O5S2. The van der Waals surface area contributed by atoms with Crippen LogP contribution in [0.5, 0.6) is 0 Å². The predicted molar refractivity (Wildman–Crippen MR) is 95.1 cm³/mol. The molecule has 0 spiro atoms. The van der Waals surface area contributed by atoms with E-state index < -0.39 is 29.2 Å². The van der Waals surface area contributed by atoms with Gasteiger partial charge in [0.25, 0.3) is 11.8 Å². The molecule has 2 aliphatic rings. The van der Waals surface area contributed by atoms with Gasteiger partial charge < -0.3 is 15.6 Å². The van der Waals surface area contributed by atoms with Crippen molar-refractivity contribution in [3.05, 3.63) is 40.0 Å². The standard InChI is InChI=1S/C15H14N4O5S2/c1-3-7-4-26-14-10(13(21)19(14)11(7)15(22)23)17-12(20)9(18-24)8-5-25-6(2)16-8/h3,5,10,14,24H,1,4H2,2H3,(H,17,20)(H,22,23)/b18-9-/t10-,14-/m1/s1. The Morgan fingerprint density at radius 1 is 1.54 bits per heavy atom. The summed E-state index contributed by atoms with van der Waals surface area (Å²) < 4.78 is 0. The topological polar surface area (TPSA) is 132 Å². The summed E-state index contributed by atoms with van der Waals surface area (Å²) in [5.74, 6) is -2.16. The van der Waals surface area contributed by atoms with Crippen molar-refractivity contribution in [1.82, 2.24) is 15.2 Å². The zero-order chi connectivity index (χ0) is 19.0. The second kappa shape index (κ2) is 6.92. The van der Waals surface area contributed by atoms with Gasteiger partial charge in [-0.1, -0.05) is 17.8 Å². The van der Waals surface area contributed by atoms with Crippen LogP contribution in [0.4, 0.5) is 0 Å². The number of nitrogens with zero attached hydrogens (tertiary/aromatic N) is 3. The number of β-lactam (4-membered cyclic amide) rings is 1. The summed E-state index contributed by atoms with van der Waals surface area (Å²) >= 11 is 2.61. The molecule has 0 aliphatic carbocycles. The second-order valence-corrected chi connectivity index (χ2v) is 7.61. The number of nitrogens with one attached hydrogen (secondary N) is 1. The van der Waals surface area contributed by atoms with E-state index in [1.54, 1.807) is 12.3 Å². The van der Waals surface area contributed by atoms with Gasteiger partial charge in [0.15, 0.2) is 5.71 Å². The van der Waals surface area contributed by atoms with Crippen molar-refractivity contribution in [2.75, 3.05) is 5.75 Å². The molecule has 1 fully saturated rings. The summed E-state index contributed by atoms with van der Waals surface area (Å²) in [5.41, 5.74) is 0.229. The van der Waals surface area contributed by atoms with Crippen LogP contribution < -0.4 is 5.32 Å². The minimum atomic E-state index is -1.22. The van der Waals surface area contributed by atoms with Gasteiger partial charge in [-0.3, -0.25) is 14.5 Å². The Bertz CT molecular complexity index is 875. The first-order valence-corrected chi connectivity index (χ1v) is 9.30. The first-order valence-electron chi connectivity index (χ1n) is 7.38. The Hall–Kier alpha value is -2.66. The molecule has 0 bridgehead atoms. The SMILES string of the molecule is C=CC1=C(C(=O)O)N2C(=O)[C@@H](NC(=O)/C(=N\O)c3csc(C)n3)[C@H]2SC1. The summed E-state index contributed by atoms with van der Waals surface area (Å²) in [4.78, 5) is 41.5. The molecule has 1 saturated heterocycles. The van der Waals surface area contributed by atoms with E-state index >= 15 is 0 Å². The highest BCUT2D eigenvalue weighted by Crippen LogP contribution is 2.40. The molecule has 0 saturated carbocycles. The smallest absolute Gasteiger partial charge is 0.352 e. The average Bonchev–Trinajstić information content (AvgIpc) is 3.04. The minimum absolute atomic E-state index is 0.120. The molecule has 136 valence electrons. The van der Waals surface area contributed by atoms with Crippen molar-refractivity contribution >= 4 is 46.6 Å². The number of hydrogen-bond donors (Lipinski definition) is 3. The van der Waals surface area contributed by atoms with Crippen molar-refractivity contribution in [2.24, 2.45) is 5.16 Å². The Morgan fingerprint density at radius 2 is 2.27 bits per heavy atom. The Kier molecular flexibility index (Phi) is 4.83. The summed E-state index contributed by atoms with van der Waals surface area (Å²) in [7, 11) is 0. The molecule has 0 aromatic carbocycles. The van der Waals surface area contributed by atoms with E-state index in [0.717, 1.165) is 4.90 Å². The summed E-state index contributed by atoms with van der Waals surface area (Å²) in [6.07, 6.45) is 1.41. The average molecular weight is 394 g/mol. The van der Waals surface area contributed by atoms with Crippen molar-refractivity contribution < 1.29 is 24.7 Å². The van der Waals surface area contributed by atoms with Gasteiger partial charge in [0, 0.05) is 11.1 Å². The number of hydrogen-bond acceptors (Lipinski definition) is 8. The van der Waals surface area contributed by atoms with Crippen LogP contribution in [-0.4, -0.2) is 60.9 Å². The zero-order valence-electron chi connectivity index (χ0n) is 13.5. The zero-order valence-corrected chi connectivity index (χ0v) is 15.1. The third kappa shape index (κ3) is 2.88. The summed E-state index contributed by atoms with van der Waals surface area (Å²) in [5, 5.41) is 25.7. The van der Waals surface area contributed by atoms with Crippen LogP contribution in [-0.2, 0) is 14.4 Å². The number of carboxylic acids is 1. The van der Waals surface area contributed by atoms with Gasteiger partial charge in [0.2, 0.25) is 0 Å². The normalized spacial score (nSPS) is 22.6. The number of rotatable bonds is 5. The van der Waals surface area contributed by atoms with Crippen LogP contribution >= 0.6 is 23.1 Å². The van der Waals surface area contributed by atoms with Crippen molar-refractivity contribution in [3.8, 4) is 0 Å². The third-order valence-corrected chi connectivity index (χ3v) is 5.99. The number of oxime groups is 1. The molecular weight excluding hydrogens is 380 g/mol. The molecule has 3 N–H and O–H groups in total.